The van der Waals surface area contributed by atoms with E-state index in [4.69, 9.17) is 12.2 Å². The SMILES string of the molecule is Cc1cccc(Cc2n[nH]c(=S)n2C(C)C)c1. The van der Waals surface area contributed by atoms with Crippen LogP contribution >= 0.6 is 12.2 Å². The maximum Gasteiger partial charge on any atom is 0.195 e. The van der Waals surface area contributed by atoms with Crippen molar-refractivity contribution in [3.05, 3.63) is 46.0 Å². The van der Waals surface area contributed by atoms with Crippen molar-refractivity contribution in [2.45, 2.75) is 33.2 Å². The Labute approximate surface area is 106 Å². The quantitative estimate of drug-likeness (QED) is 0.843. The third kappa shape index (κ3) is 2.64. The first-order valence-electron chi connectivity index (χ1n) is 5.79. The Kier molecular flexibility index (Phi) is 3.43. The van der Waals surface area contributed by atoms with Crippen LogP contribution in [0.2, 0.25) is 0 Å². The Morgan fingerprint density at radius 3 is 2.82 bits per heavy atom. The summed E-state index contributed by atoms with van der Waals surface area (Å²) in [5, 5.41) is 7.18. The van der Waals surface area contributed by atoms with Gasteiger partial charge in [-0.2, -0.15) is 5.10 Å². The molecule has 1 aromatic carbocycles. The number of hydrogen-bond acceptors (Lipinski definition) is 2. The van der Waals surface area contributed by atoms with E-state index in [9.17, 15) is 0 Å². The molecule has 90 valence electrons. The molecule has 0 amide bonds. The highest BCUT2D eigenvalue weighted by Crippen LogP contribution is 2.13. The molecule has 1 heterocycles. The summed E-state index contributed by atoms with van der Waals surface area (Å²) >= 11 is 5.24. The molecule has 1 N–H and O–H groups in total. The van der Waals surface area contributed by atoms with E-state index < -0.39 is 0 Å². The molecule has 0 atom stereocenters. The van der Waals surface area contributed by atoms with Crippen molar-refractivity contribution in [1.82, 2.24) is 14.8 Å². The minimum Gasteiger partial charge on any atom is -0.301 e. The predicted molar refractivity (Wildman–Crippen MR) is 71.8 cm³/mol. The molecule has 17 heavy (non-hydrogen) atoms. The molecule has 1 aromatic heterocycles. The van der Waals surface area contributed by atoms with Crippen molar-refractivity contribution in [2.75, 3.05) is 0 Å². The van der Waals surface area contributed by atoms with Gasteiger partial charge in [0.15, 0.2) is 4.77 Å². The smallest absolute Gasteiger partial charge is 0.195 e. The standard InChI is InChI=1S/C13H17N3S/c1-9(2)16-12(14-15-13(16)17)8-11-6-4-5-10(3)7-11/h4-7,9H,8H2,1-3H3,(H,15,17). The summed E-state index contributed by atoms with van der Waals surface area (Å²) in [6, 6.07) is 8.81. The first kappa shape index (κ1) is 12.0. The summed E-state index contributed by atoms with van der Waals surface area (Å²) in [4.78, 5) is 0. The number of aromatic amines is 1. The van der Waals surface area contributed by atoms with Gasteiger partial charge < -0.3 is 4.57 Å². The Morgan fingerprint density at radius 1 is 1.41 bits per heavy atom. The van der Waals surface area contributed by atoms with Gasteiger partial charge in [-0.1, -0.05) is 29.8 Å². The number of nitrogens with zero attached hydrogens (tertiary/aromatic N) is 2. The van der Waals surface area contributed by atoms with Gasteiger partial charge in [0.25, 0.3) is 0 Å². The van der Waals surface area contributed by atoms with Gasteiger partial charge in [-0.25, -0.2) is 0 Å². The van der Waals surface area contributed by atoms with Gasteiger partial charge in [0, 0.05) is 12.5 Å². The fourth-order valence-corrected chi connectivity index (χ4v) is 2.36. The number of benzene rings is 1. The second-order valence-corrected chi connectivity index (χ2v) is 4.96. The summed E-state index contributed by atoms with van der Waals surface area (Å²) in [6.07, 6.45) is 0.812. The predicted octanol–water partition coefficient (Wildman–Crippen LogP) is 3.42. The Morgan fingerprint density at radius 2 is 2.18 bits per heavy atom. The van der Waals surface area contributed by atoms with Gasteiger partial charge in [0.2, 0.25) is 0 Å². The van der Waals surface area contributed by atoms with Gasteiger partial charge in [0.1, 0.15) is 5.82 Å². The lowest BCUT2D eigenvalue weighted by Crippen LogP contribution is -2.07. The maximum atomic E-state index is 5.24. The van der Waals surface area contributed by atoms with E-state index in [0.29, 0.717) is 10.8 Å². The number of aryl methyl sites for hydroxylation is 1. The number of aromatic nitrogens is 3. The van der Waals surface area contributed by atoms with Gasteiger partial charge >= 0.3 is 0 Å². The van der Waals surface area contributed by atoms with E-state index in [0.717, 1.165) is 12.2 Å². The molecule has 0 radical (unpaired) electrons. The van der Waals surface area contributed by atoms with Crippen LogP contribution in [0.1, 0.15) is 36.8 Å². The van der Waals surface area contributed by atoms with E-state index in [1.165, 1.54) is 11.1 Å². The van der Waals surface area contributed by atoms with Crippen molar-refractivity contribution in [1.29, 1.82) is 0 Å². The molecule has 0 bridgehead atoms. The largest absolute Gasteiger partial charge is 0.301 e. The summed E-state index contributed by atoms with van der Waals surface area (Å²) in [6.45, 7) is 6.33. The minimum atomic E-state index is 0.334. The number of hydrogen-bond donors (Lipinski definition) is 1. The van der Waals surface area contributed by atoms with E-state index in [2.05, 4.69) is 59.8 Å². The monoisotopic (exact) mass is 247 g/mol. The molecule has 0 aliphatic rings. The molecular weight excluding hydrogens is 230 g/mol. The van der Waals surface area contributed by atoms with Crippen LogP contribution in [0.5, 0.6) is 0 Å². The van der Waals surface area contributed by atoms with Gasteiger partial charge in [0.05, 0.1) is 0 Å². The second-order valence-electron chi connectivity index (χ2n) is 4.57. The molecule has 0 fully saturated rings. The summed E-state index contributed by atoms with van der Waals surface area (Å²) in [5.74, 6) is 0.996. The van der Waals surface area contributed by atoms with Crippen LogP contribution in [0.3, 0.4) is 0 Å². The molecule has 0 unspecified atom stereocenters. The van der Waals surface area contributed by atoms with Crippen LogP contribution in [0.25, 0.3) is 0 Å². The number of nitrogens with one attached hydrogen (secondary N) is 1. The van der Waals surface area contributed by atoms with Crippen LogP contribution in [0.15, 0.2) is 24.3 Å². The first-order chi connectivity index (χ1) is 8.08. The third-order valence-corrected chi connectivity index (χ3v) is 3.03. The average molecular weight is 247 g/mol. The molecule has 3 nitrogen and oxygen atoms in total. The Bertz CT molecular complexity index is 566. The molecule has 4 heteroatoms. The summed E-state index contributed by atoms with van der Waals surface area (Å²) in [7, 11) is 0. The summed E-state index contributed by atoms with van der Waals surface area (Å²) in [5.41, 5.74) is 2.54. The van der Waals surface area contributed by atoms with Crippen molar-refractivity contribution in [3.8, 4) is 0 Å². The molecule has 2 rings (SSSR count). The average Bonchev–Trinajstić information content (AvgIpc) is 2.59. The van der Waals surface area contributed by atoms with Crippen LogP contribution in [-0.2, 0) is 6.42 Å². The highest BCUT2D eigenvalue weighted by molar-refractivity contribution is 7.71. The molecule has 0 spiro atoms. The molecule has 2 aromatic rings. The maximum absolute atomic E-state index is 5.24. The van der Waals surface area contributed by atoms with Crippen LogP contribution in [-0.4, -0.2) is 14.8 Å². The third-order valence-electron chi connectivity index (χ3n) is 2.74. The van der Waals surface area contributed by atoms with E-state index in [1.54, 1.807) is 0 Å². The van der Waals surface area contributed by atoms with Crippen LogP contribution < -0.4 is 0 Å². The van der Waals surface area contributed by atoms with Crippen LogP contribution in [0.4, 0.5) is 0 Å². The fourth-order valence-electron chi connectivity index (χ4n) is 2.00. The molecular formula is C13H17N3S. The Balaban J connectivity index is 2.34. The minimum absolute atomic E-state index is 0.334. The van der Waals surface area contributed by atoms with Gasteiger partial charge in [-0.3, -0.25) is 5.10 Å². The van der Waals surface area contributed by atoms with Crippen LogP contribution in [0, 0.1) is 11.7 Å². The summed E-state index contributed by atoms with van der Waals surface area (Å²) < 4.78 is 2.76. The van der Waals surface area contributed by atoms with E-state index >= 15 is 0 Å². The van der Waals surface area contributed by atoms with E-state index in [-0.39, 0.29) is 0 Å². The lowest BCUT2D eigenvalue weighted by Gasteiger charge is -2.10. The topological polar surface area (TPSA) is 33.6 Å². The molecule has 0 aliphatic heterocycles. The van der Waals surface area contributed by atoms with Crippen molar-refractivity contribution >= 4 is 12.2 Å². The number of rotatable bonds is 3. The normalized spacial score (nSPS) is 11.1. The fraction of sp³-hybridized carbons (Fsp3) is 0.385. The zero-order chi connectivity index (χ0) is 12.4. The Hall–Kier alpha value is -1.42. The highest BCUT2D eigenvalue weighted by atomic mass is 32.1. The molecule has 0 saturated heterocycles. The second kappa shape index (κ2) is 4.84. The zero-order valence-corrected chi connectivity index (χ0v) is 11.2. The highest BCUT2D eigenvalue weighted by Gasteiger charge is 2.09. The van der Waals surface area contributed by atoms with Gasteiger partial charge in [-0.05, 0) is 38.6 Å². The van der Waals surface area contributed by atoms with E-state index in [1.807, 2.05) is 0 Å². The van der Waals surface area contributed by atoms with Crippen molar-refractivity contribution in [2.24, 2.45) is 0 Å². The molecule has 0 saturated carbocycles. The van der Waals surface area contributed by atoms with Crippen molar-refractivity contribution < 1.29 is 0 Å². The van der Waals surface area contributed by atoms with Crippen molar-refractivity contribution in [3.63, 3.8) is 0 Å². The lowest BCUT2D eigenvalue weighted by molar-refractivity contribution is 0.567. The number of H-pyrrole nitrogens is 1. The lowest BCUT2D eigenvalue weighted by atomic mass is 10.1. The first-order valence-corrected chi connectivity index (χ1v) is 6.20. The zero-order valence-electron chi connectivity index (χ0n) is 10.4. The molecule has 0 aliphatic carbocycles. The van der Waals surface area contributed by atoms with Gasteiger partial charge in [-0.15, -0.1) is 0 Å².